The van der Waals surface area contributed by atoms with Gasteiger partial charge in [-0.2, -0.15) is 0 Å². The fraction of sp³-hybridized carbons (Fsp3) is 0.500. The maximum Gasteiger partial charge on any atom is 0.143 e. The van der Waals surface area contributed by atoms with Crippen LogP contribution in [0.15, 0.2) is 54.6 Å². The Bertz CT molecular complexity index is 713. The van der Waals surface area contributed by atoms with Crippen LogP contribution in [0, 0.1) is 0 Å². The Morgan fingerprint density at radius 3 is 1.96 bits per heavy atom. The highest BCUT2D eigenvalue weighted by atomic mass is 16.5. The lowest BCUT2D eigenvalue weighted by Crippen LogP contribution is -2.44. The van der Waals surface area contributed by atoms with Gasteiger partial charge in [0.05, 0.1) is 60.1 Å². The van der Waals surface area contributed by atoms with Crippen molar-refractivity contribution >= 4 is 11.4 Å². The Morgan fingerprint density at radius 2 is 1.32 bits per heavy atom. The van der Waals surface area contributed by atoms with E-state index >= 15 is 0 Å². The van der Waals surface area contributed by atoms with Gasteiger partial charge in [-0.25, -0.2) is 0 Å². The van der Waals surface area contributed by atoms with E-state index in [0.717, 1.165) is 59.7 Å². The van der Waals surface area contributed by atoms with Gasteiger partial charge in [-0.05, 0) is 38.1 Å². The van der Waals surface area contributed by atoms with Crippen LogP contribution in [0.5, 0.6) is 5.75 Å². The molecule has 0 saturated carbocycles. The first-order chi connectivity index (χ1) is 13.3. The van der Waals surface area contributed by atoms with E-state index in [1.165, 1.54) is 5.69 Å². The third kappa shape index (κ3) is 6.54. The van der Waals surface area contributed by atoms with Crippen molar-refractivity contribution in [2.75, 3.05) is 72.4 Å². The Labute approximate surface area is 172 Å². The molecule has 4 heteroatoms. The minimum absolute atomic E-state index is 0.719. The second kappa shape index (κ2) is 9.94. The summed E-state index contributed by atoms with van der Waals surface area (Å²) in [5.74, 6) is 0.962. The van der Waals surface area contributed by atoms with Crippen molar-refractivity contribution in [3.63, 3.8) is 0 Å². The van der Waals surface area contributed by atoms with Crippen LogP contribution >= 0.6 is 0 Å². The first kappa shape index (κ1) is 22.3. The molecule has 2 aromatic carbocycles. The van der Waals surface area contributed by atoms with E-state index in [9.17, 15) is 0 Å². The second-order valence-electron chi connectivity index (χ2n) is 8.75. The number of nitrogens with zero attached hydrogens (tertiary/aromatic N) is 3. The molecule has 0 radical (unpaired) electrons. The molecule has 0 aliphatic heterocycles. The highest BCUT2D eigenvalue weighted by Gasteiger charge is 2.20. The largest absolute Gasteiger partial charge is 0.486 e. The second-order valence-corrected chi connectivity index (χ2v) is 8.75. The molecule has 0 aliphatic rings. The molecule has 0 N–H and O–H groups in total. The summed E-state index contributed by atoms with van der Waals surface area (Å²) in [4.78, 5) is 2.39. The highest BCUT2D eigenvalue weighted by molar-refractivity contribution is 5.69. The van der Waals surface area contributed by atoms with Crippen LogP contribution in [0.4, 0.5) is 11.4 Å². The zero-order chi connectivity index (χ0) is 20.6. The van der Waals surface area contributed by atoms with Crippen LogP contribution in [0.3, 0.4) is 0 Å². The molecule has 28 heavy (non-hydrogen) atoms. The molecule has 0 fully saturated rings. The molecular formula is C24H39N3O+2. The van der Waals surface area contributed by atoms with Gasteiger partial charge in [0.25, 0.3) is 0 Å². The van der Waals surface area contributed by atoms with Crippen LogP contribution < -0.4 is 9.64 Å². The first-order valence-corrected chi connectivity index (χ1v) is 10.5. The molecule has 2 aromatic rings. The zero-order valence-electron chi connectivity index (χ0n) is 18.7. The van der Waals surface area contributed by atoms with E-state index in [2.05, 4.69) is 102 Å². The van der Waals surface area contributed by atoms with Crippen molar-refractivity contribution in [2.24, 2.45) is 0 Å². The Morgan fingerprint density at radius 1 is 0.750 bits per heavy atom. The summed E-state index contributed by atoms with van der Waals surface area (Å²) < 4.78 is 8.23. The van der Waals surface area contributed by atoms with Crippen LogP contribution in [-0.2, 0) is 0 Å². The molecule has 0 atom stereocenters. The highest BCUT2D eigenvalue weighted by Crippen LogP contribution is 2.33. The average Bonchev–Trinajstić information content (AvgIpc) is 2.70. The molecule has 0 unspecified atom stereocenters. The summed E-state index contributed by atoms with van der Waals surface area (Å²) in [5, 5.41) is 0. The minimum Gasteiger partial charge on any atom is -0.486 e. The number of quaternary nitrogens is 2. The van der Waals surface area contributed by atoms with E-state index in [1.54, 1.807) is 0 Å². The normalized spacial score (nSPS) is 12.1. The first-order valence-electron chi connectivity index (χ1n) is 10.5. The van der Waals surface area contributed by atoms with E-state index < -0.39 is 0 Å². The third-order valence-corrected chi connectivity index (χ3v) is 5.82. The van der Waals surface area contributed by atoms with Crippen molar-refractivity contribution < 1.29 is 13.7 Å². The lowest BCUT2D eigenvalue weighted by molar-refractivity contribution is -0.888. The van der Waals surface area contributed by atoms with Gasteiger partial charge in [-0.15, -0.1) is 0 Å². The lowest BCUT2D eigenvalue weighted by atomic mass is 10.2. The maximum absolute atomic E-state index is 6.27. The van der Waals surface area contributed by atoms with E-state index in [-0.39, 0.29) is 0 Å². The summed E-state index contributed by atoms with van der Waals surface area (Å²) >= 11 is 0. The molecule has 154 valence electrons. The van der Waals surface area contributed by atoms with Gasteiger partial charge in [0.2, 0.25) is 0 Å². The topological polar surface area (TPSA) is 12.5 Å². The molecule has 0 aliphatic carbocycles. The standard InChI is InChI=1S/C24H39N3O/c1-7-26(3,4)19-18-25(22-14-10-9-11-15-22)23-16-12-13-17-24(23)28-21-20-27(5,6)8-2/h9-17H,7-8,18-21H2,1-6H3/q+2. The van der Waals surface area contributed by atoms with Crippen LogP contribution in [-0.4, -0.2) is 76.5 Å². The number of rotatable bonds is 11. The molecule has 0 saturated heterocycles. The number of benzene rings is 2. The third-order valence-electron chi connectivity index (χ3n) is 5.82. The van der Waals surface area contributed by atoms with Crippen molar-refractivity contribution in [3.05, 3.63) is 54.6 Å². The van der Waals surface area contributed by atoms with E-state index in [0.29, 0.717) is 0 Å². The fourth-order valence-corrected chi connectivity index (χ4v) is 2.89. The van der Waals surface area contributed by atoms with Crippen LogP contribution in [0.25, 0.3) is 0 Å². The Hall–Kier alpha value is -2.04. The van der Waals surface area contributed by atoms with Crippen molar-refractivity contribution in [1.82, 2.24) is 0 Å². The Kier molecular flexibility index (Phi) is 7.90. The predicted molar refractivity (Wildman–Crippen MR) is 120 cm³/mol. The molecular weight excluding hydrogens is 346 g/mol. The maximum atomic E-state index is 6.27. The molecule has 2 rings (SSSR count). The van der Waals surface area contributed by atoms with Gasteiger partial charge in [0.1, 0.15) is 18.9 Å². The van der Waals surface area contributed by atoms with Gasteiger partial charge >= 0.3 is 0 Å². The van der Waals surface area contributed by atoms with Crippen molar-refractivity contribution in [1.29, 1.82) is 0 Å². The number of hydrogen-bond donors (Lipinski definition) is 0. The molecule has 0 bridgehead atoms. The summed E-state index contributed by atoms with van der Waals surface area (Å²) in [6.07, 6.45) is 0. The number of ether oxygens (including phenoxy) is 1. The summed E-state index contributed by atoms with van der Waals surface area (Å²) in [6, 6.07) is 19.1. The summed E-state index contributed by atoms with van der Waals surface area (Å²) in [6.45, 7) is 10.4. The molecule has 4 nitrogen and oxygen atoms in total. The van der Waals surface area contributed by atoms with Crippen LogP contribution in [0.1, 0.15) is 13.8 Å². The molecule has 0 heterocycles. The van der Waals surface area contributed by atoms with Gasteiger partial charge in [0, 0.05) is 5.69 Å². The molecule has 0 spiro atoms. The minimum atomic E-state index is 0.719. The quantitative estimate of drug-likeness (QED) is 0.532. The van der Waals surface area contributed by atoms with Gasteiger partial charge < -0.3 is 18.6 Å². The molecule has 0 aromatic heterocycles. The predicted octanol–water partition coefficient (Wildman–Crippen LogP) is 4.40. The Balaban J connectivity index is 2.25. The van der Waals surface area contributed by atoms with Gasteiger partial charge in [0.15, 0.2) is 0 Å². The van der Waals surface area contributed by atoms with Crippen molar-refractivity contribution in [2.45, 2.75) is 13.8 Å². The van der Waals surface area contributed by atoms with Crippen molar-refractivity contribution in [3.8, 4) is 5.75 Å². The number of likely N-dealkylation sites (N-methyl/N-ethyl adjacent to an activating group) is 2. The van der Waals surface area contributed by atoms with E-state index in [1.807, 2.05) is 0 Å². The number of hydrogen-bond acceptors (Lipinski definition) is 2. The lowest BCUT2D eigenvalue weighted by Gasteiger charge is -2.33. The summed E-state index contributed by atoms with van der Waals surface area (Å²) in [7, 11) is 9.07. The zero-order valence-corrected chi connectivity index (χ0v) is 18.7. The SMILES string of the molecule is CC[N+](C)(C)CCOc1ccccc1N(CC[N+](C)(C)CC)c1ccccc1. The van der Waals surface area contributed by atoms with E-state index in [4.69, 9.17) is 4.74 Å². The van der Waals surface area contributed by atoms with Crippen LogP contribution in [0.2, 0.25) is 0 Å². The monoisotopic (exact) mass is 385 g/mol. The number of anilines is 2. The smallest absolute Gasteiger partial charge is 0.143 e. The average molecular weight is 386 g/mol. The summed E-state index contributed by atoms with van der Waals surface area (Å²) in [5.41, 5.74) is 2.35. The molecule has 0 amide bonds. The number of para-hydroxylation sites is 3. The fourth-order valence-electron chi connectivity index (χ4n) is 2.89. The van der Waals surface area contributed by atoms with Gasteiger partial charge in [-0.1, -0.05) is 30.3 Å². The van der Waals surface area contributed by atoms with Gasteiger partial charge in [-0.3, -0.25) is 0 Å².